The number of ether oxygens (including phenoxy) is 1. The largest absolute Gasteiger partial charge is 0.381 e. The first-order valence-electron chi connectivity index (χ1n) is 11.6. The van der Waals surface area contributed by atoms with Gasteiger partial charge in [0.25, 0.3) is 0 Å². The predicted molar refractivity (Wildman–Crippen MR) is 116 cm³/mol. The number of rotatable bonds is 6. The molecule has 2 amide bonds. The molecule has 0 saturated carbocycles. The van der Waals surface area contributed by atoms with Crippen LogP contribution in [0.25, 0.3) is 0 Å². The molecule has 1 aromatic rings. The van der Waals surface area contributed by atoms with Crippen molar-refractivity contribution >= 4 is 11.8 Å². The van der Waals surface area contributed by atoms with Crippen molar-refractivity contribution in [3.05, 3.63) is 35.6 Å². The van der Waals surface area contributed by atoms with Crippen LogP contribution in [0.2, 0.25) is 0 Å². The maximum Gasteiger partial charge on any atom is 0.225 e. The Bertz CT molecular complexity index is 790. The summed E-state index contributed by atoms with van der Waals surface area (Å²) in [4.78, 5) is 29.8. The van der Waals surface area contributed by atoms with E-state index in [-0.39, 0.29) is 29.0 Å². The Balaban J connectivity index is 1.47. The normalized spacial score (nSPS) is 26.8. The standard InChI is InChI=1S/C24H34FN3O3/c1-27-21(29)8-7-20(22(27)18-5-4-6-19(25)15-18)23(30)26-16-24(9-13-31-14-10-24)17-28-11-2-3-12-28/h4-6,15,20,22H,2-3,7-14,16-17H2,1H3,(H,26,30). The zero-order valence-electron chi connectivity index (χ0n) is 18.4. The smallest absolute Gasteiger partial charge is 0.225 e. The van der Waals surface area contributed by atoms with Crippen LogP contribution in [0.15, 0.2) is 24.3 Å². The molecular weight excluding hydrogens is 397 g/mol. The second-order valence-corrected chi connectivity index (χ2v) is 9.46. The highest BCUT2D eigenvalue weighted by Crippen LogP contribution is 2.37. The molecule has 1 aromatic carbocycles. The Hall–Kier alpha value is -1.99. The van der Waals surface area contributed by atoms with Gasteiger partial charge in [-0.05, 0) is 62.9 Å². The number of piperidine rings is 1. The van der Waals surface area contributed by atoms with Crippen LogP contribution in [0.4, 0.5) is 4.39 Å². The lowest BCUT2D eigenvalue weighted by Crippen LogP contribution is -2.51. The second kappa shape index (κ2) is 9.65. The van der Waals surface area contributed by atoms with Crippen molar-refractivity contribution in [2.75, 3.05) is 46.4 Å². The molecule has 31 heavy (non-hydrogen) atoms. The molecule has 0 aliphatic carbocycles. The van der Waals surface area contributed by atoms with Gasteiger partial charge in [-0.3, -0.25) is 9.59 Å². The minimum Gasteiger partial charge on any atom is -0.381 e. The van der Waals surface area contributed by atoms with E-state index in [1.54, 1.807) is 24.1 Å². The highest BCUT2D eigenvalue weighted by Gasteiger charge is 2.41. The number of hydrogen-bond donors (Lipinski definition) is 1. The molecule has 3 heterocycles. The first-order valence-corrected chi connectivity index (χ1v) is 11.6. The number of benzene rings is 1. The van der Waals surface area contributed by atoms with Gasteiger partial charge in [-0.2, -0.15) is 0 Å². The Morgan fingerprint density at radius 2 is 2.00 bits per heavy atom. The van der Waals surface area contributed by atoms with E-state index in [4.69, 9.17) is 4.74 Å². The molecule has 1 N–H and O–H groups in total. The second-order valence-electron chi connectivity index (χ2n) is 9.46. The van der Waals surface area contributed by atoms with E-state index in [0.29, 0.717) is 24.9 Å². The molecule has 7 heteroatoms. The lowest BCUT2D eigenvalue weighted by Gasteiger charge is -2.42. The number of nitrogens with zero attached hydrogens (tertiary/aromatic N) is 2. The highest BCUT2D eigenvalue weighted by molar-refractivity contribution is 5.85. The van der Waals surface area contributed by atoms with E-state index in [1.165, 1.54) is 25.0 Å². The van der Waals surface area contributed by atoms with E-state index >= 15 is 0 Å². The van der Waals surface area contributed by atoms with Crippen LogP contribution in [0, 0.1) is 17.2 Å². The van der Waals surface area contributed by atoms with Crippen molar-refractivity contribution in [2.45, 2.75) is 44.6 Å². The van der Waals surface area contributed by atoms with E-state index < -0.39 is 6.04 Å². The molecule has 3 aliphatic rings. The van der Waals surface area contributed by atoms with Gasteiger partial charge < -0.3 is 19.9 Å². The molecule has 2 unspecified atom stereocenters. The molecular formula is C24H34FN3O3. The molecule has 0 spiro atoms. The number of nitrogens with one attached hydrogen (secondary N) is 1. The number of hydrogen-bond acceptors (Lipinski definition) is 4. The van der Waals surface area contributed by atoms with Gasteiger partial charge in [0.1, 0.15) is 5.82 Å². The summed E-state index contributed by atoms with van der Waals surface area (Å²) in [5, 5.41) is 3.23. The molecule has 3 aliphatic heterocycles. The third kappa shape index (κ3) is 5.09. The van der Waals surface area contributed by atoms with Crippen LogP contribution in [0.3, 0.4) is 0 Å². The Labute approximate surface area is 184 Å². The van der Waals surface area contributed by atoms with Gasteiger partial charge in [-0.1, -0.05) is 12.1 Å². The highest BCUT2D eigenvalue weighted by atomic mass is 19.1. The van der Waals surface area contributed by atoms with Gasteiger partial charge in [-0.15, -0.1) is 0 Å². The number of halogens is 1. The van der Waals surface area contributed by atoms with Crippen LogP contribution >= 0.6 is 0 Å². The SMILES string of the molecule is CN1C(=O)CCC(C(=O)NCC2(CN3CCCC3)CCOCC2)C1c1cccc(F)c1. The summed E-state index contributed by atoms with van der Waals surface area (Å²) in [5.41, 5.74) is 0.705. The summed E-state index contributed by atoms with van der Waals surface area (Å²) in [5.74, 6) is -0.780. The van der Waals surface area contributed by atoms with Gasteiger partial charge in [0.2, 0.25) is 11.8 Å². The number of amides is 2. The Morgan fingerprint density at radius 1 is 1.26 bits per heavy atom. The van der Waals surface area contributed by atoms with Crippen molar-refractivity contribution in [1.82, 2.24) is 15.1 Å². The molecule has 2 atom stereocenters. The molecule has 6 nitrogen and oxygen atoms in total. The molecule has 3 saturated heterocycles. The summed E-state index contributed by atoms with van der Waals surface area (Å²) in [6, 6.07) is 5.82. The van der Waals surface area contributed by atoms with E-state index in [9.17, 15) is 14.0 Å². The number of carbonyl (C=O) groups is 2. The average molecular weight is 432 g/mol. The van der Waals surface area contributed by atoms with Crippen molar-refractivity contribution < 1.29 is 18.7 Å². The van der Waals surface area contributed by atoms with Gasteiger partial charge >= 0.3 is 0 Å². The zero-order chi connectivity index (χ0) is 21.8. The van der Waals surface area contributed by atoms with E-state index in [0.717, 1.165) is 45.7 Å². The minimum absolute atomic E-state index is 0.00626. The number of carbonyl (C=O) groups excluding carboxylic acids is 2. The quantitative estimate of drug-likeness (QED) is 0.753. The fraction of sp³-hybridized carbons (Fsp3) is 0.667. The predicted octanol–water partition coefficient (Wildman–Crippen LogP) is 2.74. The molecule has 0 aromatic heterocycles. The third-order valence-electron chi connectivity index (χ3n) is 7.34. The minimum atomic E-state index is -0.443. The number of likely N-dealkylation sites (tertiary alicyclic amines) is 2. The molecule has 4 rings (SSSR count). The zero-order valence-corrected chi connectivity index (χ0v) is 18.4. The van der Waals surface area contributed by atoms with Crippen molar-refractivity contribution in [2.24, 2.45) is 11.3 Å². The van der Waals surface area contributed by atoms with Gasteiger partial charge in [0, 0.05) is 45.2 Å². The molecule has 0 bridgehead atoms. The lowest BCUT2D eigenvalue weighted by molar-refractivity contribution is -0.142. The van der Waals surface area contributed by atoms with Crippen molar-refractivity contribution in [3.63, 3.8) is 0 Å². The fourth-order valence-corrected chi connectivity index (χ4v) is 5.48. The average Bonchev–Trinajstić information content (AvgIpc) is 3.27. The summed E-state index contributed by atoms with van der Waals surface area (Å²) >= 11 is 0. The summed E-state index contributed by atoms with van der Waals surface area (Å²) in [6.07, 6.45) is 5.21. The Kier molecular flexibility index (Phi) is 6.92. The third-order valence-corrected chi connectivity index (χ3v) is 7.34. The van der Waals surface area contributed by atoms with Crippen LogP contribution in [-0.4, -0.2) is 68.1 Å². The molecule has 0 radical (unpaired) electrons. The van der Waals surface area contributed by atoms with Crippen molar-refractivity contribution in [3.8, 4) is 0 Å². The molecule has 3 fully saturated rings. The lowest BCUT2D eigenvalue weighted by atomic mass is 9.78. The first-order chi connectivity index (χ1) is 15.0. The molecule has 170 valence electrons. The van der Waals surface area contributed by atoms with Crippen LogP contribution in [-0.2, 0) is 14.3 Å². The van der Waals surface area contributed by atoms with Crippen LogP contribution in [0.5, 0.6) is 0 Å². The first kappa shape index (κ1) is 22.2. The van der Waals surface area contributed by atoms with Gasteiger partial charge in [0.15, 0.2) is 0 Å². The van der Waals surface area contributed by atoms with Crippen LogP contribution < -0.4 is 5.32 Å². The van der Waals surface area contributed by atoms with Gasteiger partial charge in [0.05, 0.1) is 12.0 Å². The summed E-state index contributed by atoms with van der Waals surface area (Å²) in [6.45, 7) is 5.34. The summed E-state index contributed by atoms with van der Waals surface area (Å²) < 4.78 is 19.5. The topological polar surface area (TPSA) is 61.9 Å². The van der Waals surface area contributed by atoms with E-state index in [2.05, 4.69) is 10.2 Å². The summed E-state index contributed by atoms with van der Waals surface area (Å²) in [7, 11) is 1.71. The van der Waals surface area contributed by atoms with Gasteiger partial charge in [-0.25, -0.2) is 4.39 Å². The fourth-order valence-electron chi connectivity index (χ4n) is 5.48. The maximum atomic E-state index is 13.9. The Morgan fingerprint density at radius 3 is 2.71 bits per heavy atom. The maximum absolute atomic E-state index is 13.9. The van der Waals surface area contributed by atoms with Crippen LogP contribution in [0.1, 0.15) is 50.1 Å². The van der Waals surface area contributed by atoms with E-state index in [1.807, 2.05) is 0 Å². The monoisotopic (exact) mass is 431 g/mol. The van der Waals surface area contributed by atoms with Crippen molar-refractivity contribution in [1.29, 1.82) is 0 Å².